The van der Waals surface area contributed by atoms with Crippen LogP contribution in [0.4, 0.5) is 11.4 Å². The van der Waals surface area contributed by atoms with Crippen LogP contribution in [0.2, 0.25) is 0 Å². The van der Waals surface area contributed by atoms with Crippen molar-refractivity contribution in [2.24, 2.45) is 18.9 Å². The van der Waals surface area contributed by atoms with Gasteiger partial charge in [-0.2, -0.15) is 5.10 Å². The van der Waals surface area contributed by atoms with Gasteiger partial charge in [-0.15, -0.1) is 0 Å². The molecule has 3 aliphatic rings. The number of anilines is 2. The van der Waals surface area contributed by atoms with Crippen LogP contribution in [0.1, 0.15) is 61.5 Å². The van der Waals surface area contributed by atoms with Crippen LogP contribution in [-0.2, 0) is 26.8 Å². The molecule has 1 saturated carbocycles. The van der Waals surface area contributed by atoms with Crippen LogP contribution in [0.15, 0.2) is 42.6 Å². The molecule has 1 aliphatic carbocycles. The van der Waals surface area contributed by atoms with Crippen molar-refractivity contribution in [3.8, 4) is 0 Å². The number of nitrogens with zero attached hydrogens (tertiary/aromatic N) is 2. The molecule has 1 aromatic heterocycles. The number of carbonyl (C=O) groups excluding carboxylic acids is 3. The van der Waals surface area contributed by atoms with Crippen molar-refractivity contribution in [3.63, 3.8) is 0 Å². The first-order valence-electron chi connectivity index (χ1n) is 13.1. The van der Waals surface area contributed by atoms with Gasteiger partial charge in [-0.25, -0.2) is 0 Å². The number of hydrogen-bond donors (Lipinski definition) is 3. The SMILES string of the molecule is C=C(CC(NC(=O)c1ccnn1C)C(=O)Nc1ccc2c(c1)NC(=O)C21CCOCC1)CC1CC1CC. The van der Waals surface area contributed by atoms with E-state index in [-0.39, 0.29) is 17.7 Å². The number of amides is 3. The summed E-state index contributed by atoms with van der Waals surface area (Å²) in [7, 11) is 1.69. The van der Waals surface area contributed by atoms with Crippen LogP contribution in [0.5, 0.6) is 0 Å². The van der Waals surface area contributed by atoms with Gasteiger partial charge in [-0.1, -0.05) is 31.6 Å². The Morgan fingerprint density at radius 3 is 2.73 bits per heavy atom. The Morgan fingerprint density at radius 1 is 1.27 bits per heavy atom. The summed E-state index contributed by atoms with van der Waals surface area (Å²) in [5, 5.41) is 12.9. The van der Waals surface area contributed by atoms with Crippen molar-refractivity contribution in [2.45, 2.75) is 56.9 Å². The van der Waals surface area contributed by atoms with Crippen molar-refractivity contribution < 1.29 is 19.1 Å². The maximum absolute atomic E-state index is 13.4. The van der Waals surface area contributed by atoms with Crippen LogP contribution in [0, 0.1) is 11.8 Å². The fraction of sp³-hybridized carbons (Fsp3) is 0.500. The van der Waals surface area contributed by atoms with Crippen molar-refractivity contribution >= 4 is 29.1 Å². The Hall–Kier alpha value is -3.46. The number of aromatic nitrogens is 2. The van der Waals surface area contributed by atoms with Gasteiger partial charge in [-0.05, 0) is 67.7 Å². The Kier molecular flexibility index (Phi) is 6.90. The number of carbonyl (C=O) groups is 3. The molecule has 0 bridgehead atoms. The second kappa shape index (κ2) is 10.1. The van der Waals surface area contributed by atoms with E-state index in [1.807, 2.05) is 12.1 Å². The summed E-state index contributed by atoms with van der Waals surface area (Å²) in [4.78, 5) is 39.2. The molecule has 3 N–H and O–H groups in total. The van der Waals surface area contributed by atoms with Crippen molar-refractivity contribution in [1.29, 1.82) is 0 Å². The van der Waals surface area contributed by atoms with E-state index in [0.29, 0.717) is 55.5 Å². The van der Waals surface area contributed by atoms with E-state index < -0.39 is 11.5 Å². The van der Waals surface area contributed by atoms with Crippen molar-refractivity contribution in [3.05, 3.63) is 53.9 Å². The highest BCUT2D eigenvalue weighted by Gasteiger charge is 2.47. The molecule has 2 fully saturated rings. The fourth-order valence-electron chi connectivity index (χ4n) is 5.79. The monoisotopic (exact) mass is 505 g/mol. The first-order valence-corrected chi connectivity index (χ1v) is 13.1. The third-order valence-corrected chi connectivity index (χ3v) is 8.14. The Labute approximate surface area is 217 Å². The van der Waals surface area contributed by atoms with Crippen molar-refractivity contribution in [1.82, 2.24) is 15.1 Å². The predicted molar refractivity (Wildman–Crippen MR) is 140 cm³/mol. The lowest BCUT2D eigenvalue weighted by atomic mass is 9.75. The highest BCUT2D eigenvalue weighted by Crippen LogP contribution is 2.46. The van der Waals surface area contributed by atoms with Gasteiger partial charge >= 0.3 is 0 Å². The molecule has 1 aromatic carbocycles. The van der Waals surface area contributed by atoms with E-state index in [0.717, 1.165) is 29.9 Å². The minimum atomic E-state index is -0.793. The van der Waals surface area contributed by atoms with Crippen LogP contribution < -0.4 is 16.0 Å². The summed E-state index contributed by atoms with van der Waals surface area (Å²) >= 11 is 0. The lowest BCUT2D eigenvalue weighted by molar-refractivity contribution is -0.124. The van der Waals surface area contributed by atoms with Crippen LogP contribution in [0.3, 0.4) is 0 Å². The third kappa shape index (κ3) is 5.05. The number of fused-ring (bicyclic) bond motifs is 2. The second-order valence-corrected chi connectivity index (χ2v) is 10.6. The maximum Gasteiger partial charge on any atom is 0.270 e. The molecular weight excluding hydrogens is 470 g/mol. The molecule has 2 aromatic rings. The number of nitrogens with one attached hydrogen (secondary N) is 3. The molecule has 2 aliphatic heterocycles. The van der Waals surface area contributed by atoms with E-state index in [9.17, 15) is 14.4 Å². The smallest absolute Gasteiger partial charge is 0.270 e. The number of benzene rings is 1. The highest BCUT2D eigenvalue weighted by atomic mass is 16.5. The average molecular weight is 506 g/mol. The fourth-order valence-corrected chi connectivity index (χ4v) is 5.79. The summed E-state index contributed by atoms with van der Waals surface area (Å²) in [5.41, 5.74) is 2.98. The van der Waals surface area contributed by atoms with Gasteiger partial charge in [0.05, 0.1) is 5.41 Å². The van der Waals surface area contributed by atoms with E-state index in [1.54, 1.807) is 25.4 Å². The van der Waals surface area contributed by atoms with Gasteiger partial charge in [-0.3, -0.25) is 19.1 Å². The summed E-state index contributed by atoms with van der Waals surface area (Å²) in [5.74, 6) is 0.635. The molecule has 3 unspecified atom stereocenters. The van der Waals surface area contributed by atoms with Crippen LogP contribution in [0.25, 0.3) is 0 Å². The van der Waals surface area contributed by atoms with Crippen LogP contribution >= 0.6 is 0 Å². The predicted octanol–water partition coefficient (Wildman–Crippen LogP) is 3.54. The van der Waals surface area contributed by atoms with Gasteiger partial charge in [0.25, 0.3) is 5.91 Å². The topological polar surface area (TPSA) is 114 Å². The zero-order valence-corrected chi connectivity index (χ0v) is 21.5. The summed E-state index contributed by atoms with van der Waals surface area (Å²) in [6.45, 7) is 7.51. The summed E-state index contributed by atoms with van der Waals surface area (Å²) in [6.07, 6.45) is 6.40. The van der Waals surface area contributed by atoms with E-state index in [4.69, 9.17) is 4.74 Å². The largest absolute Gasteiger partial charge is 0.381 e. The molecule has 5 rings (SSSR count). The summed E-state index contributed by atoms with van der Waals surface area (Å²) in [6, 6.07) is 6.34. The Bertz CT molecular complexity index is 1230. The average Bonchev–Trinajstić information content (AvgIpc) is 3.40. The third-order valence-electron chi connectivity index (χ3n) is 8.14. The molecule has 9 nitrogen and oxygen atoms in total. The molecular formula is C28H35N5O4. The standard InChI is InChI=1S/C28H35N5O4/c1-4-18-15-19(18)13-17(2)14-23(31-26(35)24-7-10-29-33(24)3)25(34)30-20-5-6-21-22(16-20)32-27(36)28(21)8-11-37-12-9-28/h5-7,10,16,18-19,23H,2,4,8-9,11-15H2,1,3H3,(H,30,34)(H,31,35)(H,32,36). The highest BCUT2D eigenvalue weighted by molar-refractivity contribution is 6.07. The summed E-state index contributed by atoms with van der Waals surface area (Å²) < 4.78 is 6.95. The number of hydrogen-bond acceptors (Lipinski definition) is 5. The number of rotatable bonds is 9. The second-order valence-electron chi connectivity index (χ2n) is 10.6. The van der Waals surface area contributed by atoms with E-state index in [2.05, 4.69) is 34.6 Å². The molecule has 37 heavy (non-hydrogen) atoms. The van der Waals surface area contributed by atoms with Crippen molar-refractivity contribution in [2.75, 3.05) is 23.8 Å². The molecule has 1 saturated heterocycles. The van der Waals surface area contributed by atoms with Gasteiger partial charge in [0, 0.05) is 37.8 Å². The Balaban J connectivity index is 1.31. The minimum Gasteiger partial charge on any atom is -0.381 e. The molecule has 9 heteroatoms. The van der Waals surface area contributed by atoms with E-state index >= 15 is 0 Å². The maximum atomic E-state index is 13.4. The van der Waals surface area contributed by atoms with Gasteiger partial charge in [0.2, 0.25) is 11.8 Å². The van der Waals surface area contributed by atoms with Gasteiger partial charge in [0.1, 0.15) is 11.7 Å². The van der Waals surface area contributed by atoms with Crippen LogP contribution in [-0.4, -0.2) is 46.8 Å². The normalized spacial score (nSPS) is 22.2. The minimum absolute atomic E-state index is 0.0163. The van der Waals surface area contributed by atoms with Gasteiger partial charge in [0.15, 0.2) is 0 Å². The molecule has 3 amide bonds. The van der Waals surface area contributed by atoms with E-state index in [1.165, 1.54) is 11.1 Å². The molecule has 196 valence electrons. The Morgan fingerprint density at radius 2 is 2.05 bits per heavy atom. The molecule has 0 radical (unpaired) electrons. The molecule has 3 heterocycles. The first kappa shape index (κ1) is 25.2. The number of aryl methyl sites for hydroxylation is 1. The zero-order chi connectivity index (χ0) is 26.2. The molecule has 1 spiro atoms. The first-order chi connectivity index (χ1) is 17.8. The lowest BCUT2D eigenvalue weighted by Crippen LogP contribution is -2.44. The molecule has 3 atom stereocenters. The lowest BCUT2D eigenvalue weighted by Gasteiger charge is -2.31. The quantitative estimate of drug-likeness (QED) is 0.451. The number of ether oxygens (including phenoxy) is 1. The zero-order valence-electron chi connectivity index (χ0n) is 21.5. The van der Waals surface area contributed by atoms with Gasteiger partial charge < -0.3 is 20.7 Å².